The molecular weight excluding hydrogens is 202 g/mol. The van der Waals surface area contributed by atoms with Gasteiger partial charge in [0.15, 0.2) is 0 Å². The van der Waals surface area contributed by atoms with Crippen molar-refractivity contribution in [3.63, 3.8) is 0 Å². The van der Waals surface area contributed by atoms with Gasteiger partial charge in [-0.25, -0.2) is 0 Å². The molecule has 0 aromatic heterocycles. The third-order valence-corrected chi connectivity index (χ3v) is 0. The molecule has 9 heavy (non-hydrogen) atoms. The van der Waals surface area contributed by atoms with Gasteiger partial charge in [-0.05, 0) is 0 Å². The maximum atomic E-state index is 0. The smallest absolute Gasteiger partial charge is 0.870 e. The molecule has 0 aromatic rings. The van der Waals surface area contributed by atoms with Gasteiger partial charge in [-0.3, -0.25) is 0 Å². The molecule has 6 nitrogen and oxygen atoms in total. The van der Waals surface area contributed by atoms with Crippen LogP contribution in [0.3, 0.4) is 0 Å². The van der Waals surface area contributed by atoms with E-state index in [4.69, 9.17) is 0 Å². The first-order chi connectivity index (χ1) is 0. The summed E-state index contributed by atoms with van der Waals surface area (Å²) in [5.41, 5.74) is 0. The monoisotopic (exact) mass is 208 g/mol. The van der Waals surface area contributed by atoms with Gasteiger partial charge in [0, 0.05) is 0 Å². The second-order valence-electron chi connectivity index (χ2n) is 0. The summed E-state index contributed by atoms with van der Waals surface area (Å²) in [7, 11) is 0. The first-order valence-corrected chi connectivity index (χ1v) is 0. The van der Waals surface area contributed by atoms with Crippen LogP contribution in [0.15, 0.2) is 0 Å². The van der Waals surface area contributed by atoms with Crippen LogP contribution in [0.2, 0.25) is 0 Å². The standard InChI is InChI=1S/Al.Fe.Na.6H2O/h;;;6*1H2/q+3;+2;+1;;;;;;/p-6. The Labute approximate surface area is 96.1 Å². The van der Waals surface area contributed by atoms with E-state index in [0.29, 0.717) is 0 Å². The molecule has 0 saturated heterocycles. The summed E-state index contributed by atoms with van der Waals surface area (Å²) in [5, 5.41) is 0. The summed E-state index contributed by atoms with van der Waals surface area (Å²) < 4.78 is 0. The zero-order chi connectivity index (χ0) is 0. The summed E-state index contributed by atoms with van der Waals surface area (Å²) in [6.45, 7) is 0. The molecule has 0 saturated carbocycles. The third kappa shape index (κ3) is 182. The molecule has 6 N–H and O–H groups in total. The number of hydrogen-bond acceptors (Lipinski definition) is 6. The SMILES string of the molecule is [Al+3].[Fe+2].[Na+].[OH-].[OH-].[OH-].[OH-].[OH-].[OH-]. The average Bonchev–Trinajstić information content (AvgIpc) is 0. The van der Waals surface area contributed by atoms with E-state index in [-0.39, 0.29) is 96.8 Å². The predicted molar refractivity (Wildman–Crippen MR) is 17.4 cm³/mol. The Balaban J connectivity index is 0. The summed E-state index contributed by atoms with van der Waals surface area (Å²) in [5.74, 6) is 0. The summed E-state index contributed by atoms with van der Waals surface area (Å²) in [4.78, 5) is 0. The van der Waals surface area contributed by atoms with Gasteiger partial charge in [-0.1, -0.05) is 0 Å². The molecule has 0 amide bonds. The maximum absolute atomic E-state index is 0. The van der Waals surface area contributed by atoms with Crippen LogP contribution in [0, 0.1) is 0 Å². The van der Waals surface area contributed by atoms with E-state index in [9.17, 15) is 0 Å². The number of hydrogen-bond donors (Lipinski definition) is 0. The summed E-state index contributed by atoms with van der Waals surface area (Å²) in [6, 6.07) is 0. The van der Waals surface area contributed by atoms with Crippen molar-refractivity contribution in [2.75, 3.05) is 0 Å². The van der Waals surface area contributed by atoms with Crippen LogP contribution in [0.5, 0.6) is 0 Å². The Morgan fingerprint density at radius 3 is 0.444 bits per heavy atom. The van der Waals surface area contributed by atoms with E-state index in [1.54, 1.807) is 0 Å². The van der Waals surface area contributed by atoms with Crippen LogP contribution in [-0.4, -0.2) is 50.2 Å². The van der Waals surface area contributed by atoms with E-state index >= 15 is 0 Å². The van der Waals surface area contributed by atoms with Crippen LogP contribution in [0.25, 0.3) is 0 Å². The number of rotatable bonds is 0. The molecule has 54 valence electrons. The van der Waals surface area contributed by atoms with E-state index in [2.05, 4.69) is 0 Å². The molecule has 0 rings (SSSR count). The van der Waals surface area contributed by atoms with E-state index in [1.165, 1.54) is 0 Å². The molecular formula is H6AlFeNaO6. The van der Waals surface area contributed by atoms with Gasteiger partial charge in [-0.2, -0.15) is 0 Å². The van der Waals surface area contributed by atoms with Crippen molar-refractivity contribution < 1.29 is 79.5 Å². The van der Waals surface area contributed by atoms with Gasteiger partial charge in [0.2, 0.25) is 0 Å². The fourth-order valence-electron chi connectivity index (χ4n) is 0. The second-order valence-corrected chi connectivity index (χ2v) is 0. The van der Waals surface area contributed by atoms with Crippen LogP contribution in [-0.2, 0) is 17.1 Å². The molecule has 9 heteroatoms. The fraction of sp³-hybridized carbons (Fsp3) is 0. The van der Waals surface area contributed by atoms with Crippen LogP contribution < -0.4 is 29.6 Å². The molecule has 0 fully saturated rings. The Morgan fingerprint density at radius 1 is 0.444 bits per heavy atom. The van der Waals surface area contributed by atoms with Crippen molar-refractivity contribution in [1.29, 1.82) is 0 Å². The Kier molecular flexibility index (Phi) is 8180. The van der Waals surface area contributed by atoms with E-state index in [0.717, 1.165) is 0 Å². The van der Waals surface area contributed by atoms with Crippen molar-refractivity contribution >= 4 is 17.4 Å². The van der Waals surface area contributed by atoms with Crippen molar-refractivity contribution in [2.24, 2.45) is 0 Å². The third-order valence-electron chi connectivity index (χ3n) is 0. The van der Waals surface area contributed by atoms with Crippen molar-refractivity contribution in [3.8, 4) is 0 Å². The molecule has 0 heterocycles. The van der Waals surface area contributed by atoms with Crippen molar-refractivity contribution in [2.45, 2.75) is 0 Å². The fourth-order valence-corrected chi connectivity index (χ4v) is 0. The van der Waals surface area contributed by atoms with Gasteiger partial charge in [0.1, 0.15) is 0 Å². The minimum Gasteiger partial charge on any atom is -0.870 e. The average molecular weight is 208 g/mol. The Morgan fingerprint density at radius 2 is 0.444 bits per heavy atom. The largest absolute Gasteiger partial charge is 3.00 e. The van der Waals surface area contributed by atoms with Gasteiger partial charge in [-0.15, -0.1) is 0 Å². The van der Waals surface area contributed by atoms with Crippen LogP contribution >= 0.6 is 0 Å². The second kappa shape index (κ2) is 232. The predicted octanol–water partition coefficient (Wildman–Crippen LogP) is -4.44. The van der Waals surface area contributed by atoms with Gasteiger partial charge in [0.25, 0.3) is 0 Å². The summed E-state index contributed by atoms with van der Waals surface area (Å²) in [6.07, 6.45) is 0. The van der Waals surface area contributed by atoms with Gasteiger partial charge < -0.3 is 32.9 Å². The Hall–Kier alpha value is 1.81. The normalized spacial score (nSPS) is 0. The van der Waals surface area contributed by atoms with Gasteiger partial charge in [0.05, 0.1) is 0 Å². The molecule has 0 radical (unpaired) electrons. The molecule has 0 aromatic carbocycles. The quantitative estimate of drug-likeness (QED) is 0.361. The zero-order valence-electron chi connectivity index (χ0n) is 4.61. The van der Waals surface area contributed by atoms with Crippen LogP contribution in [0.4, 0.5) is 0 Å². The maximum Gasteiger partial charge on any atom is 3.00 e. The Bertz CT molecular complexity index is 13.0. The molecule has 0 spiro atoms. The van der Waals surface area contributed by atoms with Crippen molar-refractivity contribution in [3.05, 3.63) is 0 Å². The molecule has 0 aliphatic carbocycles. The van der Waals surface area contributed by atoms with Crippen LogP contribution in [0.1, 0.15) is 0 Å². The minimum absolute atomic E-state index is 0. The van der Waals surface area contributed by atoms with Crippen molar-refractivity contribution in [1.82, 2.24) is 0 Å². The van der Waals surface area contributed by atoms with E-state index in [1.807, 2.05) is 0 Å². The molecule has 0 bridgehead atoms. The molecule has 0 aliphatic rings. The zero-order valence-corrected chi connectivity index (χ0v) is 8.87. The molecule has 0 atom stereocenters. The van der Waals surface area contributed by atoms with E-state index < -0.39 is 0 Å². The topological polar surface area (TPSA) is 180 Å². The summed E-state index contributed by atoms with van der Waals surface area (Å²) >= 11 is 0. The minimum atomic E-state index is 0. The first kappa shape index (κ1) is 317. The molecule has 0 aliphatic heterocycles. The first-order valence-electron chi connectivity index (χ1n) is 0. The van der Waals surface area contributed by atoms with Gasteiger partial charge >= 0.3 is 64.0 Å². The molecule has 0 unspecified atom stereocenters.